The van der Waals surface area contributed by atoms with Crippen molar-refractivity contribution in [1.29, 1.82) is 0 Å². The topological polar surface area (TPSA) is 50.4 Å². The Kier molecular flexibility index (Phi) is 5.31. The third-order valence-electron chi connectivity index (χ3n) is 3.75. The first-order valence-corrected chi connectivity index (χ1v) is 8.10. The van der Waals surface area contributed by atoms with E-state index in [1.807, 2.05) is 31.4 Å². The molecule has 2 N–H and O–H groups in total. The summed E-state index contributed by atoms with van der Waals surface area (Å²) in [6.45, 7) is 2.01. The first-order valence-electron chi connectivity index (χ1n) is 6.88. The Morgan fingerprint density at radius 3 is 2.85 bits per heavy atom. The number of carbonyl (C=O) groups excluding carboxylic acids is 1. The van der Waals surface area contributed by atoms with Gasteiger partial charge in [-0.15, -0.1) is 11.8 Å². The molecule has 0 saturated heterocycles. The van der Waals surface area contributed by atoms with Crippen LogP contribution in [0.25, 0.3) is 0 Å². The van der Waals surface area contributed by atoms with Crippen molar-refractivity contribution in [2.24, 2.45) is 0 Å². The third kappa shape index (κ3) is 3.67. The van der Waals surface area contributed by atoms with Crippen LogP contribution in [0.3, 0.4) is 0 Å². The molecule has 5 heteroatoms. The molecule has 20 heavy (non-hydrogen) atoms. The van der Waals surface area contributed by atoms with Gasteiger partial charge in [0.15, 0.2) is 0 Å². The van der Waals surface area contributed by atoms with Gasteiger partial charge in [0.1, 0.15) is 0 Å². The zero-order valence-corrected chi connectivity index (χ0v) is 13.0. The van der Waals surface area contributed by atoms with Gasteiger partial charge in [-0.1, -0.05) is 12.1 Å². The molecule has 1 saturated carbocycles. The zero-order chi connectivity index (χ0) is 14.5. The Morgan fingerprint density at radius 2 is 2.20 bits per heavy atom. The molecule has 1 aliphatic carbocycles. The SMILES string of the molecule is CO[C@@H]1CC[C@H](NC(=O)Nc2c(C)cccc2SC)C1. The van der Waals surface area contributed by atoms with Crippen molar-refractivity contribution in [2.45, 2.75) is 43.2 Å². The molecule has 0 aliphatic heterocycles. The summed E-state index contributed by atoms with van der Waals surface area (Å²) in [7, 11) is 1.73. The highest BCUT2D eigenvalue weighted by Gasteiger charge is 2.25. The van der Waals surface area contributed by atoms with E-state index in [9.17, 15) is 4.79 Å². The highest BCUT2D eigenvalue weighted by Crippen LogP contribution is 2.28. The van der Waals surface area contributed by atoms with Crippen LogP contribution in [0, 0.1) is 6.92 Å². The molecule has 1 fully saturated rings. The number of amides is 2. The molecule has 2 rings (SSSR count). The zero-order valence-electron chi connectivity index (χ0n) is 12.2. The van der Waals surface area contributed by atoms with Crippen LogP contribution in [0.2, 0.25) is 0 Å². The molecule has 0 heterocycles. The number of anilines is 1. The molecule has 1 aromatic carbocycles. The Hall–Kier alpha value is -1.20. The quantitative estimate of drug-likeness (QED) is 0.837. The number of nitrogens with one attached hydrogen (secondary N) is 2. The number of methoxy groups -OCH3 is 1. The summed E-state index contributed by atoms with van der Waals surface area (Å²) in [6.07, 6.45) is 5.18. The third-order valence-corrected chi connectivity index (χ3v) is 4.53. The fraction of sp³-hybridized carbons (Fsp3) is 0.533. The van der Waals surface area contributed by atoms with Crippen molar-refractivity contribution in [3.8, 4) is 0 Å². The monoisotopic (exact) mass is 294 g/mol. The van der Waals surface area contributed by atoms with E-state index < -0.39 is 0 Å². The number of benzene rings is 1. The lowest BCUT2D eigenvalue weighted by molar-refractivity contribution is 0.107. The van der Waals surface area contributed by atoms with Gasteiger partial charge in [0.2, 0.25) is 0 Å². The van der Waals surface area contributed by atoms with Gasteiger partial charge in [0.25, 0.3) is 0 Å². The lowest BCUT2D eigenvalue weighted by atomic mass is 10.2. The first kappa shape index (κ1) is 15.2. The molecular formula is C15H22N2O2S. The summed E-state index contributed by atoms with van der Waals surface area (Å²) >= 11 is 1.64. The van der Waals surface area contributed by atoms with E-state index in [0.29, 0.717) is 0 Å². The molecule has 0 spiro atoms. The van der Waals surface area contributed by atoms with Crippen molar-refractivity contribution in [2.75, 3.05) is 18.7 Å². The molecule has 110 valence electrons. The molecule has 1 aromatic rings. The molecule has 2 atom stereocenters. The minimum atomic E-state index is -0.128. The number of thioether (sulfide) groups is 1. The standard InChI is InChI=1S/C15H22N2O2S/c1-10-5-4-6-13(20-3)14(10)17-15(18)16-11-7-8-12(9-11)19-2/h4-6,11-12H,7-9H2,1-3H3,(H2,16,17,18)/t11-,12+/m0/s1. The minimum absolute atomic E-state index is 0.128. The summed E-state index contributed by atoms with van der Waals surface area (Å²) in [6, 6.07) is 6.11. The minimum Gasteiger partial charge on any atom is -0.381 e. The van der Waals surface area contributed by atoms with Crippen LogP contribution in [0.4, 0.5) is 10.5 Å². The van der Waals surface area contributed by atoms with E-state index in [1.165, 1.54) is 0 Å². The van der Waals surface area contributed by atoms with Gasteiger partial charge in [0.05, 0.1) is 11.8 Å². The predicted molar refractivity (Wildman–Crippen MR) is 83.6 cm³/mol. The summed E-state index contributed by atoms with van der Waals surface area (Å²) in [4.78, 5) is 13.2. The lowest BCUT2D eigenvalue weighted by Gasteiger charge is -2.16. The number of hydrogen-bond donors (Lipinski definition) is 2. The second kappa shape index (κ2) is 6.99. The van der Waals surface area contributed by atoms with Crippen LogP contribution < -0.4 is 10.6 Å². The van der Waals surface area contributed by atoms with Gasteiger partial charge in [0, 0.05) is 18.0 Å². The lowest BCUT2D eigenvalue weighted by Crippen LogP contribution is -2.37. The molecule has 1 aliphatic rings. The number of ether oxygens (including phenoxy) is 1. The summed E-state index contributed by atoms with van der Waals surface area (Å²) in [5, 5.41) is 6.01. The Labute approximate surface area is 124 Å². The van der Waals surface area contributed by atoms with Crippen molar-refractivity contribution in [3.05, 3.63) is 23.8 Å². The van der Waals surface area contributed by atoms with Crippen molar-refractivity contribution in [1.82, 2.24) is 5.32 Å². The average molecular weight is 294 g/mol. The molecule has 0 bridgehead atoms. The van der Waals surface area contributed by atoms with Crippen LogP contribution in [0.15, 0.2) is 23.1 Å². The van der Waals surface area contributed by atoms with Crippen molar-refractivity contribution < 1.29 is 9.53 Å². The first-order chi connectivity index (χ1) is 9.63. The molecule has 2 amide bonds. The van der Waals surface area contributed by atoms with Crippen molar-refractivity contribution in [3.63, 3.8) is 0 Å². The Balaban J connectivity index is 1.95. The second-order valence-corrected chi connectivity index (χ2v) is 5.97. The average Bonchev–Trinajstić information content (AvgIpc) is 2.88. The van der Waals surface area contributed by atoms with Gasteiger partial charge in [-0.05, 0) is 44.1 Å². The summed E-state index contributed by atoms with van der Waals surface area (Å²) in [5.74, 6) is 0. The van der Waals surface area contributed by atoms with Crippen LogP contribution in [0.5, 0.6) is 0 Å². The van der Waals surface area contributed by atoms with Gasteiger partial charge < -0.3 is 15.4 Å². The van der Waals surface area contributed by atoms with E-state index in [2.05, 4.69) is 10.6 Å². The van der Waals surface area contributed by atoms with Crippen LogP contribution >= 0.6 is 11.8 Å². The number of hydrogen-bond acceptors (Lipinski definition) is 3. The van der Waals surface area contributed by atoms with Gasteiger partial charge in [-0.3, -0.25) is 0 Å². The van der Waals surface area contributed by atoms with Crippen LogP contribution in [-0.4, -0.2) is 31.5 Å². The van der Waals surface area contributed by atoms with E-state index in [4.69, 9.17) is 4.74 Å². The van der Waals surface area contributed by atoms with Gasteiger partial charge in [-0.25, -0.2) is 4.79 Å². The summed E-state index contributed by atoms with van der Waals surface area (Å²) in [5.41, 5.74) is 1.98. The van der Waals surface area contributed by atoms with Gasteiger partial charge in [-0.2, -0.15) is 0 Å². The van der Waals surface area contributed by atoms with Crippen LogP contribution in [-0.2, 0) is 4.74 Å². The normalized spacial score (nSPS) is 21.8. The highest BCUT2D eigenvalue weighted by atomic mass is 32.2. The van der Waals surface area contributed by atoms with E-state index in [0.717, 1.165) is 35.4 Å². The number of carbonyl (C=O) groups is 1. The molecular weight excluding hydrogens is 272 g/mol. The number of aryl methyl sites for hydroxylation is 1. The Bertz CT molecular complexity index is 479. The highest BCUT2D eigenvalue weighted by molar-refractivity contribution is 7.98. The smallest absolute Gasteiger partial charge is 0.319 e. The number of rotatable bonds is 4. The molecule has 0 radical (unpaired) electrons. The fourth-order valence-electron chi connectivity index (χ4n) is 2.59. The predicted octanol–water partition coefficient (Wildman–Crippen LogP) is 3.41. The second-order valence-electron chi connectivity index (χ2n) is 5.12. The Morgan fingerprint density at radius 1 is 1.40 bits per heavy atom. The van der Waals surface area contributed by atoms with Crippen LogP contribution in [0.1, 0.15) is 24.8 Å². The van der Waals surface area contributed by atoms with Gasteiger partial charge >= 0.3 is 6.03 Å². The fourth-order valence-corrected chi connectivity index (χ4v) is 3.22. The van der Waals surface area contributed by atoms with E-state index in [1.54, 1.807) is 18.9 Å². The maximum Gasteiger partial charge on any atom is 0.319 e. The largest absolute Gasteiger partial charge is 0.381 e. The number of urea groups is 1. The molecule has 0 unspecified atom stereocenters. The van der Waals surface area contributed by atoms with Crippen molar-refractivity contribution >= 4 is 23.5 Å². The maximum atomic E-state index is 12.1. The molecule has 4 nitrogen and oxygen atoms in total. The summed E-state index contributed by atoms with van der Waals surface area (Å²) < 4.78 is 5.32. The number of para-hydroxylation sites is 1. The van der Waals surface area contributed by atoms with E-state index in [-0.39, 0.29) is 18.2 Å². The molecule has 0 aromatic heterocycles. The van der Waals surface area contributed by atoms with E-state index >= 15 is 0 Å². The maximum absolute atomic E-state index is 12.1.